The van der Waals surface area contributed by atoms with Crippen molar-refractivity contribution in [2.24, 2.45) is 7.05 Å². The zero-order valence-corrected chi connectivity index (χ0v) is 13.1. The van der Waals surface area contributed by atoms with Crippen molar-refractivity contribution in [3.05, 3.63) is 59.3 Å². The molecule has 7 nitrogen and oxygen atoms in total. The van der Waals surface area contributed by atoms with Crippen molar-refractivity contribution in [2.75, 3.05) is 0 Å². The van der Waals surface area contributed by atoms with Crippen molar-refractivity contribution < 1.29 is 10.1 Å². The summed E-state index contributed by atoms with van der Waals surface area (Å²) >= 11 is 1.44. The lowest BCUT2D eigenvalue weighted by Crippen LogP contribution is -1.98. The Labute approximate surface area is 136 Å². The van der Waals surface area contributed by atoms with Crippen LogP contribution in [0.15, 0.2) is 53.9 Å². The summed E-state index contributed by atoms with van der Waals surface area (Å²) in [6.07, 6.45) is 3.44. The molecule has 0 bridgehead atoms. The Hall–Kier alpha value is -2.74. The molecule has 1 aromatic carbocycles. The second kappa shape index (κ2) is 6.57. The number of hydrogen-bond acceptors (Lipinski definition) is 5. The average Bonchev–Trinajstić information content (AvgIpc) is 2.94. The van der Waals surface area contributed by atoms with Gasteiger partial charge < -0.3 is 4.57 Å². The third kappa shape index (κ3) is 3.21. The lowest BCUT2D eigenvalue weighted by atomic mass is 10.2. The lowest BCUT2D eigenvalue weighted by Gasteiger charge is -2.03. The van der Waals surface area contributed by atoms with Crippen molar-refractivity contribution in [3.8, 4) is 11.4 Å². The second-order valence-corrected chi connectivity index (χ2v) is 5.74. The van der Waals surface area contributed by atoms with Gasteiger partial charge >= 0.3 is 5.69 Å². The second-order valence-electron chi connectivity index (χ2n) is 4.80. The highest BCUT2D eigenvalue weighted by Crippen LogP contribution is 2.28. The summed E-state index contributed by atoms with van der Waals surface area (Å²) in [4.78, 5) is 15.1. The van der Waals surface area contributed by atoms with Gasteiger partial charge in [-0.05, 0) is 12.1 Å². The molecule has 0 saturated heterocycles. The number of nitrogens with zero attached hydrogens (tertiary/aromatic N) is 5. The highest BCUT2D eigenvalue weighted by Gasteiger charge is 2.19. The van der Waals surface area contributed by atoms with Crippen LogP contribution < -0.4 is 0 Å². The van der Waals surface area contributed by atoms with Crippen LogP contribution in [-0.4, -0.2) is 29.9 Å². The molecule has 0 radical (unpaired) electrons. The maximum atomic E-state index is 11.2. The molecule has 0 amide bonds. The Balaban J connectivity index is 1.80. The van der Waals surface area contributed by atoms with Gasteiger partial charge in [0.2, 0.25) is 0 Å². The first kappa shape index (κ1) is 15.2. The summed E-state index contributed by atoms with van der Waals surface area (Å²) < 4.78 is 1.87. The molecule has 23 heavy (non-hydrogen) atoms. The van der Waals surface area contributed by atoms with Crippen molar-refractivity contribution in [1.29, 1.82) is 0 Å². The zero-order chi connectivity index (χ0) is 16.2. The van der Waals surface area contributed by atoms with Gasteiger partial charge in [-0.3, -0.25) is 4.98 Å². The Morgan fingerprint density at radius 2 is 2.04 bits per heavy atom. The summed E-state index contributed by atoms with van der Waals surface area (Å²) in [6.45, 7) is 0. The van der Waals surface area contributed by atoms with Crippen molar-refractivity contribution >= 4 is 17.4 Å². The number of pyridine rings is 1. The fourth-order valence-electron chi connectivity index (χ4n) is 2.15. The molecular weight excluding hydrogens is 314 g/mol. The third-order valence-corrected chi connectivity index (χ3v) is 4.38. The minimum Gasteiger partial charge on any atom is -0.305 e. The number of thioether (sulfide) groups is 1. The highest BCUT2D eigenvalue weighted by molar-refractivity contribution is 7.98. The smallest absolute Gasteiger partial charge is 0.305 e. The largest absolute Gasteiger partial charge is 0.320 e. The Morgan fingerprint density at radius 1 is 1.22 bits per heavy atom. The Bertz CT molecular complexity index is 835. The van der Waals surface area contributed by atoms with Gasteiger partial charge in [-0.15, -0.1) is 10.2 Å². The van der Waals surface area contributed by atoms with E-state index < -0.39 is 0 Å². The van der Waals surface area contributed by atoms with Gasteiger partial charge in [0.1, 0.15) is 0 Å². The van der Waals surface area contributed by atoms with E-state index in [1.54, 1.807) is 30.6 Å². The Morgan fingerprint density at radius 3 is 2.78 bits per heavy atom. The van der Waals surface area contributed by atoms with E-state index in [9.17, 15) is 4.91 Å². The summed E-state index contributed by atoms with van der Waals surface area (Å²) in [6, 6.07) is 10.6. The molecule has 0 unspecified atom stereocenters. The molecule has 0 fully saturated rings. The first-order valence-electron chi connectivity index (χ1n) is 6.83. The minimum absolute atomic E-state index is 0.117. The highest BCUT2D eigenvalue weighted by atomic mass is 32.2. The summed E-state index contributed by atoms with van der Waals surface area (Å²) in [7, 11) is 1.88. The average molecular weight is 328 g/mol. The number of hydrogen-bond donors (Lipinski definition) is 1. The van der Waals surface area contributed by atoms with Crippen LogP contribution in [0.5, 0.6) is 0 Å². The summed E-state index contributed by atoms with van der Waals surface area (Å²) in [5.74, 6) is 1.22. The topological polar surface area (TPSA) is 83.9 Å². The molecular formula is C15H14N5O2S+. The van der Waals surface area contributed by atoms with Gasteiger partial charge in [0.05, 0.1) is 4.91 Å². The van der Waals surface area contributed by atoms with Crippen LogP contribution in [0.25, 0.3) is 11.4 Å². The van der Waals surface area contributed by atoms with Gasteiger partial charge in [0.15, 0.2) is 11.0 Å². The van der Waals surface area contributed by atoms with Crippen LogP contribution >= 0.6 is 11.8 Å². The quantitative estimate of drug-likeness (QED) is 0.572. The van der Waals surface area contributed by atoms with Gasteiger partial charge in [-0.25, -0.2) is 5.21 Å². The van der Waals surface area contributed by atoms with Crippen LogP contribution in [0.3, 0.4) is 0 Å². The van der Waals surface area contributed by atoms with Crippen LogP contribution in [0.2, 0.25) is 0 Å². The monoisotopic (exact) mass is 328 g/mol. The van der Waals surface area contributed by atoms with E-state index in [-0.39, 0.29) is 10.6 Å². The van der Waals surface area contributed by atoms with Crippen molar-refractivity contribution in [3.63, 3.8) is 0 Å². The lowest BCUT2D eigenvalue weighted by molar-refractivity contribution is -0.730. The van der Waals surface area contributed by atoms with E-state index in [1.807, 2.05) is 29.8 Å². The molecule has 1 N–H and O–H groups in total. The number of benzene rings is 1. The normalized spacial score (nSPS) is 10.7. The van der Waals surface area contributed by atoms with E-state index >= 15 is 0 Å². The predicted octanol–water partition coefficient (Wildman–Crippen LogP) is 2.97. The van der Waals surface area contributed by atoms with Gasteiger partial charge in [0, 0.05) is 42.4 Å². The van der Waals surface area contributed by atoms with E-state index in [4.69, 9.17) is 5.21 Å². The molecule has 3 aromatic rings. The van der Waals surface area contributed by atoms with Crippen LogP contribution in [0.1, 0.15) is 5.56 Å². The molecule has 116 valence electrons. The number of aromatic nitrogens is 4. The number of rotatable bonds is 5. The molecule has 8 heteroatoms. The fraction of sp³-hybridized carbons (Fsp3) is 0.133. The number of para-hydroxylation sites is 1. The van der Waals surface area contributed by atoms with E-state index in [1.165, 1.54) is 11.8 Å². The zero-order valence-electron chi connectivity index (χ0n) is 12.3. The molecule has 3 rings (SSSR count). The van der Waals surface area contributed by atoms with Crippen LogP contribution in [0, 0.1) is 4.91 Å². The maximum absolute atomic E-state index is 11.2. The Kier molecular flexibility index (Phi) is 4.33. The first-order valence-corrected chi connectivity index (χ1v) is 7.82. The SMILES string of the molecule is Cn1c(SCc2ccccc2[N+](=O)O)nnc1-c1cccnc1. The van der Waals surface area contributed by atoms with Gasteiger partial charge in [-0.1, -0.05) is 30.0 Å². The molecule has 2 aromatic heterocycles. The standard InChI is InChI=1S/C15H14N5O2S/c1-19-14(11-6-4-8-16-9-11)17-18-15(19)23-10-12-5-2-3-7-13(12)20(21)22/h2-9H,10H2,1H3,(H,21,22)/q+1. The minimum atomic E-state index is -0.117. The first-order chi connectivity index (χ1) is 11.2. The van der Waals surface area contributed by atoms with Gasteiger partial charge in [0.25, 0.3) is 4.92 Å². The van der Waals surface area contributed by atoms with Crippen molar-refractivity contribution in [2.45, 2.75) is 10.9 Å². The predicted molar refractivity (Wildman–Crippen MR) is 85.3 cm³/mol. The van der Waals surface area contributed by atoms with Gasteiger partial charge in [-0.2, -0.15) is 0 Å². The fourth-order valence-corrected chi connectivity index (χ4v) is 3.06. The molecule has 0 aliphatic rings. The van der Waals surface area contributed by atoms with E-state index in [0.717, 1.165) is 17.0 Å². The third-order valence-electron chi connectivity index (χ3n) is 3.31. The summed E-state index contributed by atoms with van der Waals surface area (Å²) in [5, 5.41) is 18.2. The van der Waals surface area contributed by atoms with Crippen molar-refractivity contribution in [1.82, 2.24) is 19.7 Å². The van der Waals surface area contributed by atoms with E-state index in [0.29, 0.717) is 10.9 Å². The van der Waals surface area contributed by atoms with Crippen LogP contribution in [-0.2, 0) is 12.8 Å². The van der Waals surface area contributed by atoms with Crippen LogP contribution in [0.4, 0.5) is 5.69 Å². The molecule has 0 aliphatic carbocycles. The molecule has 0 spiro atoms. The molecule has 0 aliphatic heterocycles. The molecule has 2 heterocycles. The summed E-state index contributed by atoms with van der Waals surface area (Å²) in [5.41, 5.74) is 1.84. The molecule has 0 atom stereocenters. The maximum Gasteiger partial charge on any atom is 0.320 e. The van der Waals surface area contributed by atoms with E-state index in [2.05, 4.69) is 15.2 Å². The molecule has 0 saturated carbocycles.